The summed E-state index contributed by atoms with van der Waals surface area (Å²) in [5.41, 5.74) is 7.04. The number of carbonyl (C=O) groups excluding carboxylic acids is 1. The lowest BCUT2D eigenvalue weighted by atomic mass is 9.85. The molecule has 0 aromatic carbocycles. The van der Waals surface area contributed by atoms with Gasteiger partial charge < -0.3 is 26.4 Å². The van der Waals surface area contributed by atoms with Crippen molar-refractivity contribution in [2.45, 2.75) is 55.7 Å². The molecular weight excluding hydrogens is 456 g/mol. The van der Waals surface area contributed by atoms with Gasteiger partial charge in [0.15, 0.2) is 5.82 Å². The van der Waals surface area contributed by atoms with Gasteiger partial charge in [-0.25, -0.2) is 4.68 Å². The predicted molar refractivity (Wildman–Crippen MR) is 131 cm³/mol. The van der Waals surface area contributed by atoms with Crippen LogP contribution in [0.5, 0.6) is 0 Å². The number of halogens is 1. The number of amides is 1. The number of alkyl halides is 1. The fourth-order valence-electron chi connectivity index (χ4n) is 6.64. The Balaban J connectivity index is 1.08. The molecule has 0 saturated carbocycles. The molecular formula is C23H37ClN8O2. The van der Waals surface area contributed by atoms with Gasteiger partial charge in [0, 0.05) is 50.2 Å². The van der Waals surface area contributed by atoms with Crippen molar-refractivity contribution in [3.8, 4) is 0 Å². The van der Waals surface area contributed by atoms with Crippen molar-refractivity contribution in [2.75, 3.05) is 70.1 Å². The van der Waals surface area contributed by atoms with E-state index in [2.05, 4.69) is 30.8 Å². The van der Waals surface area contributed by atoms with Crippen LogP contribution in [-0.4, -0.2) is 108 Å². The number of anilines is 2. The zero-order valence-electron chi connectivity index (χ0n) is 19.8. The maximum absolute atomic E-state index is 13.3. The first kappa shape index (κ1) is 22.8. The average molecular weight is 493 g/mol. The standard InChI is InChI=1S/C23H37ClN8O2/c24-15-9-27-21-19(20(25)29-32(21)11-15)22(33)28-17-10-26-5-1-18(17)30-6-2-16(3-7-30)31-8-4-23(12-31)13-34-14-23/h15-18,26-27H,1-14H2,(H2,25,29)(H,28,33). The Morgan fingerprint density at radius 3 is 2.74 bits per heavy atom. The lowest BCUT2D eigenvalue weighted by Gasteiger charge is -2.45. The van der Waals surface area contributed by atoms with E-state index in [0.717, 1.165) is 45.8 Å². The van der Waals surface area contributed by atoms with E-state index in [1.54, 1.807) is 4.68 Å². The van der Waals surface area contributed by atoms with Crippen LogP contribution in [0.15, 0.2) is 0 Å². The van der Waals surface area contributed by atoms with E-state index in [9.17, 15) is 4.79 Å². The lowest BCUT2D eigenvalue weighted by Crippen LogP contribution is -2.61. The van der Waals surface area contributed by atoms with Crippen molar-refractivity contribution in [3.63, 3.8) is 0 Å². The van der Waals surface area contributed by atoms with Crippen LogP contribution >= 0.6 is 11.6 Å². The van der Waals surface area contributed by atoms with Gasteiger partial charge in [-0.15, -0.1) is 11.6 Å². The number of fused-ring (bicyclic) bond motifs is 1. The summed E-state index contributed by atoms with van der Waals surface area (Å²) in [7, 11) is 0. The molecule has 11 heteroatoms. The summed E-state index contributed by atoms with van der Waals surface area (Å²) in [4.78, 5) is 18.6. The van der Waals surface area contributed by atoms with E-state index in [-0.39, 0.29) is 23.1 Å². The Labute approximate surface area is 205 Å². The summed E-state index contributed by atoms with van der Waals surface area (Å²) < 4.78 is 7.22. The normalized spacial score (nSPS) is 32.2. The maximum Gasteiger partial charge on any atom is 0.259 e. The van der Waals surface area contributed by atoms with E-state index in [1.807, 2.05) is 0 Å². The molecule has 6 rings (SSSR count). The number of nitrogens with one attached hydrogen (secondary N) is 3. The van der Waals surface area contributed by atoms with Crippen LogP contribution in [0.3, 0.4) is 0 Å². The van der Waals surface area contributed by atoms with E-state index >= 15 is 0 Å². The topological polar surface area (TPSA) is 113 Å². The summed E-state index contributed by atoms with van der Waals surface area (Å²) in [5, 5.41) is 14.3. The molecule has 3 unspecified atom stereocenters. The van der Waals surface area contributed by atoms with Crippen molar-refractivity contribution in [1.82, 2.24) is 30.2 Å². The largest absolute Gasteiger partial charge is 0.381 e. The van der Waals surface area contributed by atoms with Crippen molar-refractivity contribution < 1.29 is 9.53 Å². The molecule has 5 aliphatic rings. The van der Waals surface area contributed by atoms with Crippen LogP contribution in [0, 0.1) is 5.41 Å². The second-order valence-corrected chi connectivity index (χ2v) is 11.5. The van der Waals surface area contributed by atoms with E-state index < -0.39 is 0 Å². The Morgan fingerprint density at radius 2 is 2.00 bits per heavy atom. The van der Waals surface area contributed by atoms with Crippen LogP contribution in [0.25, 0.3) is 0 Å². The predicted octanol–water partition coefficient (Wildman–Crippen LogP) is 0.145. The number of hydrogen-bond donors (Lipinski definition) is 4. The molecule has 0 bridgehead atoms. The van der Waals surface area contributed by atoms with Crippen molar-refractivity contribution in [1.29, 1.82) is 0 Å². The van der Waals surface area contributed by atoms with Gasteiger partial charge >= 0.3 is 0 Å². The molecule has 1 aromatic rings. The summed E-state index contributed by atoms with van der Waals surface area (Å²) in [6, 6.07) is 1.06. The van der Waals surface area contributed by atoms with Gasteiger partial charge in [0.2, 0.25) is 0 Å². The fourth-order valence-corrected chi connectivity index (χ4v) is 6.84. The molecule has 1 amide bonds. The Kier molecular flexibility index (Phi) is 6.13. The number of piperidine rings is 2. The number of ether oxygens (including phenoxy) is 1. The van der Waals surface area contributed by atoms with Gasteiger partial charge in [0.25, 0.3) is 5.91 Å². The number of rotatable bonds is 4. The van der Waals surface area contributed by atoms with Crippen LogP contribution in [0.4, 0.5) is 11.6 Å². The molecule has 4 saturated heterocycles. The van der Waals surface area contributed by atoms with Gasteiger partial charge in [-0.05, 0) is 38.8 Å². The second kappa shape index (κ2) is 9.13. The molecule has 0 aliphatic carbocycles. The smallest absolute Gasteiger partial charge is 0.259 e. The van der Waals surface area contributed by atoms with Gasteiger partial charge in [0.05, 0.1) is 31.2 Å². The highest BCUT2D eigenvalue weighted by molar-refractivity contribution is 6.21. The lowest BCUT2D eigenvalue weighted by molar-refractivity contribution is -0.107. The van der Waals surface area contributed by atoms with E-state index in [0.29, 0.717) is 42.0 Å². The minimum absolute atomic E-state index is 0.0410. The summed E-state index contributed by atoms with van der Waals surface area (Å²) in [5.74, 6) is 0.776. The molecule has 6 heterocycles. The number of nitrogens with zero attached hydrogens (tertiary/aromatic N) is 4. The van der Waals surface area contributed by atoms with Gasteiger partial charge in [-0.3, -0.25) is 14.6 Å². The molecule has 0 radical (unpaired) electrons. The molecule has 5 aliphatic heterocycles. The highest BCUT2D eigenvalue weighted by Gasteiger charge is 2.46. The summed E-state index contributed by atoms with van der Waals surface area (Å²) in [6.45, 7) is 9.40. The van der Waals surface area contributed by atoms with Crippen LogP contribution in [0.1, 0.15) is 36.0 Å². The molecule has 5 N–H and O–H groups in total. The molecule has 10 nitrogen and oxygen atoms in total. The number of hydrogen-bond acceptors (Lipinski definition) is 8. The number of nitrogen functional groups attached to an aromatic ring is 1. The SMILES string of the molecule is Nc1nn2c(c1C(=O)NC1CNCCC1N1CCC(N3CCC4(COC4)C3)CC1)NCC(Cl)C2. The van der Waals surface area contributed by atoms with Crippen molar-refractivity contribution in [2.24, 2.45) is 5.41 Å². The second-order valence-electron chi connectivity index (χ2n) is 10.9. The van der Waals surface area contributed by atoms with Crippen molar-refractivity contribution >= 4 is 29.1 Å². The highest BCUT2D eigenvalue weighted by Crippen LogP contribution is 2.39. The van der Waals surface area contributed by atoms with Gasteiger partial charge in [0.1, 0.15) is 11.4 Å². The van der Waals surface area contributed by atoms with Gasteiger partial charge in [-0.2, -0.15) is 5.10 Å². The first-order chi connectivity index (χ1) is 16.5. The monoisotopic (exact) mass is 492 g/mol. The number of nitrogens with two attached hydrogens (primary N) is 1. The summed E-state index contributed by atoms with van der Waals surface area (Å²) in [6.07, 6.45) is 4.73. The number of likely N-dealkylation sites (tertiary alicyclic amines) is 2. The van der Waals surface area contributed by atoms with Gasteiger partial charge in [-0.1, -0.05) is 0 Å². The Hall–Kier alpha value is -1.59. The minimum atomic E-state index is -0.155. The van der Waals surface area contributed by atoms with Crippen LogP contribution in [-0.2, 0) is 11.3 Å². The third kappa shape index (κ3) is 4.17. The quantitative estimate of drug-likeness (QED) is 0.439. The van der Waals surface area contributed by atoms with Crippen LogP contribution < -0.4 is 21.7 Å². The highest BCUT2D eigenvalue weighted by atomic mass is 35.5. The summed E-state index contributed by atoms with van der Waals surface area (Å²) >= 11 is 6.24. The van der Waals surface area contributed by atoms with E-state index in [4.69, 9.17) is 22.1 Å². The molecule has 1 spiro atoms. The number of carbonyl (C=O) groups is 1. The fraction of sp³-hybridized carbons (Fsp3) is 0.826. The number of aromatic nitrogens is 2. The molecule has 188 valence electrons. The Bertz CT molecular complexity index is 913. The Morgan fingerprint density at radius 1 is 1.18 bits per heavy atom. The minimum Gasteiger partial charge on any atom is -0.381 e. The molecule has 3 atom stereocenters. The molecule has 1 aromatic heterocycles. The zero-order chi connectivity index (χ0) is 23.3. The third-order valence-electron chi connectivity index (χ3n) is 8.60. The first-order valence-corrected chi connectivity index (χ1v) is 13.3. The molecule has 34 heavy (non-hydrogen) atoms. The van der Waals surface area contributed by atoms with Crippen LogP contribution in [0.2, 0.25) is 0 Å². The molecule has 4 fully saturated rings. The van der Waals surface area contributed by atoms with Crippen molar-refractivity contribution in [3.05, 3.63) is 5.56 Å². The third-order valence-corrected chi connectivity index (χ3v) is 8.89. The zero-order valence-corrected chi connectivity index (χ0v) is 20.5. The average Bonchev–Trinajstić information content (AvgIpc) is 3.41. The van der Waals surface area contributed by atoms with E-state index in [1.165, 1.54) is 32.4 Å². The first-order valence-electron chi connectivity index (χ1n) is 12.8. The maximum atomic E-state index is 13.3.